The molecular weight excluding hydrogens is 226 g/mol. The summed E-state index contributed by atoms with van der Waals surface area (Å²) in [7, 11) is 0. The second kappa shape index (κ2) is 4.30. The number of hydrogen-bond acceptors (Lipinski definition) is 2. The Labute approximate surface area is 109 Å². The Morgan fingerprint density at radius 2 is 2.39 bits per heavy atom. The Bertz CT molecular complexity index is 517. The van der Waals surface area contributed by atoms with Crippen molar-refractivity contribution in [2.24, 2.45) is 0 Å². The molecule has 2 aliphatic rings. The maximum Gasteiger partial charge on any atom is 0.251 e. The molecule has 2 atom stereocenters. The van der Waals surface area contributed by atoms with E-state index in [0.717, 1.165) is 30.6 Å². The van der Waals surface area contributed by atoms with Crippen molar-refractivity contribution in [3.63, 3.8) is 0 Å². The quantitative estimate of drug-likeness (QED) is 0.890. The third-order valence-electron chi connectivity index (χ3n) is 3.82. The highest BCUT2D eigenvalue weighted by atomic mass is 16.5. The van der Waals surface area contributed by atoms with Gasteiger partial charge in [-0.2, -0.15) is 0 Å². The van der Waals surface area contributed by atoms with Crippen LogP contribution in [0.1, 0.15) is 49.9 Å². The van der Waals surface area contributed by atoms with Crippen molar-refractivity contribution in [1.82, 2.24) is 5.32 Å². The van der Waals surface area contributed by atoms with Crippen molar-refractivity contribution in [1.29, 1.82) is 0 Å². The van der Waals surface area contributed by atoms with Gasteiger partial charge in [0, 0.05) is 24.5 Å². The van der Waals surface area contributed by atoms with Gasteiger partial charge in [0.05, 0.1) is 6.61 Å². The molecule has 18 heavy (non-hydrogen) atoms. The summed E-state index contributed by atoms with van der Waals surface area (Å²) >= 11 is 0. The predicted octanol–water partition coefficient (Wildman–Crippen LogP) is 2.64. The average Bonchev–Trinajstić information content (AvgIpc) is 3.07. The van der Waals surface area contributed by atoms with E-state index in [2.05, 4.69) is 5.32 Å². The number of rotatable bonds is 3. The van der Waals surface area contributed by atoms with Crippen LogP contribution < -0.4 is 10.1 Å². The van der Waals surface area contributed by atoms with Crippen LogP contribution >= 0.6 is 0 Å². The second-order valence-electron chi connectivity index (χ2n) is 5.13. The first-order valence-electron chi connectivity index (χ1n) is 7.23. The number of carbonyl (C=O) groups is 1. The SMILES string of the molecule is [2H]C1CC12CCOc1ccc(C(=O)NCCC)cc12. The number of fused-ring (bicyclic) bond motifs is 2. The van der Waals surface area contributed by atoms with E-state index in [4.69, 9.17) is 6.11 Å². The summed E-state index contributed by atoms with van der Waals surface area (Å²) in [4.78, 5) is 12.0. The van der Waals surface area contributed by atoms with Gasteiger partial charge in [-0.05, 0) is 43.9 Å². The van der Waals surface area contributed by atoms with Crippen LogP contribution in [0.2, 0.25) is 0 Å². The monoisotopic (exact) mass is 246 g/mol. The van der Waals surface area contributed by atoms with E-state index in [1.54, 1.807) is 0 Å². The Morgan fingerprint density at radius 3 is 3.11 bits per heavy atom. The molecular formula is C15H19NO2. The molecule has 1 N–H and O–H groups in total. The number of hydrogen-bond donors (Lipinski definition) is 1. The Hall–Kier alpha value is -1.51. The lowest BCUT2D eigenvalue weighted by atomic mass is 9.88. The van der Waals surface area contributed by atoms with Crippen molar-refractivity contribution in [2.45, 2.75) is 38.0 Å². The molecule has 0 bridgehead atoms. The number of nitrogens with one attached hydrogen (secondary N) is 1. The maximum atomic E-state index is 12.0. The van der Waals surface area contributed by atoms with E-state index < -0.39 is 0 Å². The van der Waals surface area contributed by atoms with E-state index in [0.29, 0.717) is 18.7 Å². The van der Waals surface area contributed by atoms with Crippen LogP contribution in [0.25, 0.3) is 0 Å². The molecule has 1 heterocycles. The predicted molar refractivity (Wildman–Crippen MR) is 70.1 cm³/mol. The summed E-state index contributed by atoms with van der Waals surface area (Å²) in [5.41, 5.74) is 1.69. The molecule has 0 saturated heterocycles. The van der Waals surface area contributed by atoms with E-state index in [1.165, 1.54) is 0 Å². The molecule has 1 aliphatic heterocycles. The fourth-order valence-corrected chi connectivity index (χ4v) is 2.55. The number of ether oxygens (including phenoxy) is 1. The highest BCUT2D eigenvalue weighted by Gasteiger charge is 2.47. The summed E-state index contributed by atoms with van der Waals surface area (Å²) in [5, 5.41) is 2.89. The highest BCUT2D eigenvalue weighted by Crippen LogP contribution is 2.55. The normalized spacial score (nSPS) is 29.2. The zero-order valence-corrected chi connectivity index (χ0v) is 10.7. The van der Waals surface area contributed by atoms with Crippen molar-refractivity contribution >= 4 is 5.91 Å². The molecule has 3 rings (SSSR count). The van der Waals surface area contributed by atoms with Crippen LogP contribution in [0.4, 0.5) is 0 Å². The lowest BCUT2D eigenvalue weighted by Gasteiger charge is -2.26. The minimum atomic E-state index is -0.0470. The number of carbonyl (C=O) groups excluding carboxylic acids is 1. The lowest BCUT2D eigenvalue weighted by molar-refractivity contribution is 0.0953. The molecule has 1 aromatic carbocycles. The van der Waals surface area contributed by atoms with Crippen LogP contribution in [0, 0.1) is 0 Å². The summed E-state index contributed by atoms with van der Waals surface area (Å²) in [6.07, 6.45) is 2.68. The molecule has 0 aromatic heterocycles. The van der Waals surface area contributed by atoms with Crippen LogP contribution in [-0.2, 0) is 5.41 Å². The number of benzene rings is 1. The first-order valence-corrected chi connectivity index (χ1v) is 6.65. The highest BCUT2D eigenvalue weighted by molar-refractivity contribution is 5.94. The van der Waals surface area contributed by atoms with E-state index >= 15 is 0 Å². The molecule has 1 saturated carbocycles. The first kappa shape index (κ1) is 10.4. The fraction of sp³-hybridized carbons (Fsp3) is 0.533. The zero-order valence-electron chi connectivity index (χ0n) is 11.7. The van der Waals surface area contributed by atoms with Gasteiger partial charge in [-0.15, -0.1) is 0 Å². The maximum absolute atomic E-state index is 12.0. The fourth-order valence-electron chi connectivity index (χ4n) is 2.55. The van der Waals surface area contributed by atoms with Gasteiger partial charge < -0.3 is 10.1 Å². The molecule has 96 valence electrons. The third-order valence-corrected chi connectivity index (χ3v) is 3.82. The first-order chi connectivity index (χ1) is 9.17. The summed E-state index contributed by atoms with van der Waals surface area (Å²) in [6, 6.07) is 5.61. The summed E-state index contributed by atoms with van der Waals surface area (Å²) in [5.74, 6) is 0.820. The van der Waals surface area contributed by atoms with Crippen LogP contribution in [0.15, 0.2) is 18.2 Å². The van der Waals surface area contributed by atoms with Crippen LogP contribution in [-0.4, -0.2) is 19.1 Å². The molecule has 1 fully saturated rings. The molecule has 1 spiro atoms. The molecule has 1 aliphatic carbocycles. The second-order valence-corrected chi connectivity index (χ2v) is 5.13. The summed E-state index contributed by atoms with van der Waals surface area (Å²) in [6.45, 7) is 3.41. The van der Waals surface area contributed by atoms with Gasteiger partial charge >= 0.3 is 0 Å². The lowest BCUT2D eigenvalue weighted by Crippen LogP contribution is -2.25. The summed E-state index contributed by atoms with van der Waals surface area (Å²) < 4.78 is 13.6. The standard InChI is InChI=1S/C15H19NO2/c1-2-8-16-14(17)11-3-4-13-12(10-11)15(5-6-15)7-9-18-13/h3-4,10H,2,5-9H2,1H3,(H,16,17)/i5D. The van der Waals surface area contributed by atoms with Gasteiger partial charge in [0.15, 0.2) is 0 Å². The zero-order chi connectivity index (χ0) is 13.5. The van der Waals surface area contributed by atoms with Gasteiger partial charge in [0.25, 0.3) is 5.91 Å². The Kier molecular flexibility index (Phi) is 2.49. The van der Waals surface area contributed by atoms with Gasteiger partial charge in [0.2, 0.25) is 0 Å². The van der Waals surface area contributed by atoms with Crippen molar-refractivity contribution in [3.8, 4) is 5.75 Å². The van der Waals surface area contributed by atoms with Crippen molar-refractivity contribution in [2.75, 3.05) is 13.2 Å². The average molecular weight is 246 g/mol. The molecule has 3 heteroatoms. The van der Waals surface area contributed by atoms with E-state index in [-0.39, 0.29) is 17.7 Å². The molecule has 1 aromatic rings. The van der Waals surface area contributed by atoms with E-state index in [9.17, 15) is 4.79 Å². The molecule has 1 amide bonds. The Morgan fingerprint density at radius 1 is 1.56 bits per heavy atom. The van der Waals surface area contributed by atoms with Crippen molar-refractivity contribution in [3.05, 3.63) is 29.3 Å². The van der Waals surface area contributed by atoms with Crippen LogP contribution in [0.3, 0.4) is 0 Å². The van der Waals surface area contributed by atoms with Gasteiger partial charge in [-0.25, -0.2) is 0 Å². The number of amides is 1. The largest absolute Gasteiger partial charge is 0.493 e. The Balaban J connectivity index is 1.90. The third kappa shape index (κ3) is 1.88. The topological polar surface area (TPSA) is 38.3 Å². The van der Waals surface area contributed by atoms with Crippen molar-refractivity contribution < 1.29 is 10.9 Å². The molecule has 3 nitrogen and oxygen atoms in total. The molecule has 0 radical (unpaired) electrons. The van der Waals surface area contributed by atoms with E-state index in [1.807, 2.05) is 25.1 Å². The minimum Gasteiger partial charge on any atom is -0.493 e. The van der Waals surface area contributed by atoms with Gasteiger partial charge in [-0.1, -0.05) is 6.92 Å². The minimum absolute atomic E-state index is 0.0347. The smallest absolute Gasteiger partial charge is 0.251 e. The van der Waals surface area contributed by atoms with Crippen LogP contribution in [0.5, 0.6) is 5.75 Å². The van der Waals surface area contributed by atoms with Gasteiger partial charge in [0.1, 0.15) is 5.75 Å². The molecule has 2 unspecified atom stereocenters. The van der Waals surface area contributed by atoms with Gasteiger partial charge in [-0.3, -0.25) is 4.79 Å².